The number of hydrogen-bond acceptors (Lipinski definition) is 8. The first-order valence-corrected chi connectivity index (χ1v) is 12.9. The number of nitrogens with zero attached hydrogens (tertiary/aromatic N) is 2. The first-order valence-electron chi connectivity index (χ1n) is 12.0. The molecule has 2 aromatic carbocycles. The number of rotatable bonds is 8. The van der Waals surface area contributed by atoms with Gasteiger partial charge in [0, 0.05) is 5.56 Å². The van der Waals surface area contributed by atoms with Crippen molar-refractivity contribution < 1.29 is 29.0 Å². The van der Waals surface area contributed by atoms with Crippen LogP contribution in [0.5, 0.6) is 5.75 Å². The van der Waals surface area contributed by atoms with Crippen LogP contribution in [0.3, 0.4) is 0 Å². The Labute approximate surface area is 224 Å². The summed E-state index contributed by atoms with van der Waals surface area (Å²) >= 11 is 0.950. The summed E-state index contributed by atoms with van der Waals surface area (Å²) in [5.41, 5.74) is 2.98. The van der Waals surface area contributed by atoms with Gasteiger partial charge in [0.15, 0.2) is 5.13 Å². The number of thiazole rings is 1. The van der Waals surface area contributed by atoms with E-state index in [1.807, 2.05) is 32.9 Å². The van der Waals surface area contributed by atoms with E-state index < -0.39 is 23.7 Å². The van der Waals surface area contributed by atoms with E-state index in [0.29, 0.717) is 29.2 Å². The normalized spacial score (nSPS) is 16.5. The number of amides is 1. The van der Waals surface area contributed by atoms with Crippen molar-refractivity contribution in [2.45, 2.75) is 33.7 Å². The highest BCUT2D eigenvalue weighted by molar-refractivity contribution is 7.17. The molecule has 38 heavy (non-hydrogen) atoms. The van der Waals surface area contributed by atoms with Crippen LogP contribution >= 0.6 is 11.3 Å². The highest BCUT2D eigenvalue weighted by atomic mass is 32.1. The van der Waals surface area contributed by atoms with Crippen LogP contribution in [0, 0.1) is 20.8 Å². The number of Topliss-reactive ketones (excluding diaryl/α,β-unsaturated/α-hetero) is 1. The average molecular weight is 533 g/mol. The molecule has 1 fully saturated rings. The van der Waals surface area contributed by atoms with Crippen LogP contribution in [0.2, 0.25) is 0 Å². The van der Waals surface area contributed by atoms with Gasteiger partial charge >= 0.3 is 11.9 Å². The number of anilines is 1. The van der Waals surface area contributed by atoms with Gasteiger partial charge in [-0.05, 0) is 57.0 Å². The maximum absolute atomic E-state index is 13.5. The standard InChI is InChI=1S/C29H28N2O6S/c1-6-14-37-28(35)26-18(5)30-29(38-26)31-23(19-10-12-20(13-11-19)36-7-2)22(25(33)27(31)34)24(32)21-15-16(3)8-9-17(21)4/h6,8-13,15,23,32H,1,7,14H2,2-5H3/b24-22+. The van der Waals surface area contributed by atoms with Crippen LogP contribution in [-0.2, 0) is 14.3 Å². The van der Waals surface area contributed by atoms with Gasteiger partial charge < -0.3 is 14.6 Å². The number of hydrogen-bond donors (Lipinski definition) is 1. The lowest BCUT2D eigenvalue weighted by Crippen LogP contribution is -2.29. The second-order valence-corrected chi connectivity index (χ2v) is 9.77. The molecule has 1 amide bonds. The molecule has 0 bridgehead atoms. The molecular weight excluding hydrogens is 504 g/mol. The van der Waals surface area contributed by atoms with Gasteiger partial charge in [0.25, 0.3) is 5.78 Å². The second kappa shape index (κ2) is 11.0. The van der Waals surface area contributed by atoms with E-state index in [-0.39, 0.29) is 27.9 Å². The Bertz CT molecular complexity index is 1450. The molecule has 9 heteroatoms. The number of ether oxygens (including phenoxy) is 2. The molecule has 1 unspecified atom stereocenters. The largest absolute Gasteiger partial charge is 0.507 e. The molecular formula is C29H28N2O6S. The third-order valence-electron chi connectivity index (χ3n) is 6.11. The minimum atomic E-state index is -0.979. The molecule has 0 aliphatic carbocycles. The Morgan fingerprint density at radius 1 is 1.16 bits per heavy atom. The van der Waals surface area contributed by atoms with Crippen molar-refractivity contribution in [2.24, 2.45) is 0 Å². The molecule has 0 saturated carbocycles. The summed E-state index contributed by atoms with van der Waals surface area (Å²) in [6.07, 6.45) is 1.45. The van der Waals surface area contributed by atoms with Crippen LogP contribution in [0.1, 0.15) is 50.6 Å². The van der Waals surface area contributed by atoms with E-state index in [4.69, 9.17) is 9.47 Å². The van der Waals surface area contributed by atoms with Crippen LogP contribution in [0.25, 0.3) is 5.76 Å². The molecule has 1 atom stereocenters. The fourth-order valence-electron chi connectivity index (χ4n) is 4.27. The monoisotopic (exact) mass is 532 g/mol. The number of benzene rings is 2. The maximum atomic E-state index is 13.5. The van der Waals surface area contributed by atoms with E-state index in [1.165, 1.54) is 11.0 Å². The van der Waals surface area contributed by atoms with Crippen molar-refractivity contribution in [3.05, 3.63) is 93.5 Å². The predicted octanol–water partition coefficient (Wildman–Crippen LogP) is 5.44. The number of ketones is 1. The van der Waals surface area contributed by atoms with Crippen LogP contribution in [0.15, 0.2) is 60.7 Å². The highest BCUT2D eigenvalue weighted by Gasteiger charge is 2.48. The van der Waals surface area contributed by atoms with Crippen LogP contribution in [0.4, 0.5) is 5.13 Å². The topological polar surface area (TPSA) is 106 Å². The zero-order chi connectivity index (χ0) is 27.6. The summed E-state index contributed by atoms with van der Waals surface area (Å²) < 4.78 is 10.7. The van der Waals surface area contributed by atoms with Gasteiger partial charge in [-0.15, -0.1) is 0 Å². The summed E-state index contributed by atoms with van der Waals surface area (Å²) in [4.78, 5) is 45.4. The fraction of sp³-hybridized carbons (Fsp3) is 0.241. The lowest BCUT2D eigenvalue weighted by atomic mass is 9.93. The maximum Gasteiger partial charge on any atom is 0.350 e. The van der Waals surface area contributed by atoms with Gasteiger partial charge in [-0.1, -0.05) is 53.8 Å². The Balaban J connectivity index is 1.90. The smallest absolute Gasteiger partial charge is 0.350 e. The predicted molar refractivity (Wildman–Crippen MR) is 146 cm³/mol. The van der Waals surface area contributed by atoms with Crippen molar-refractivity contribution in [3.63, 3.8) is 0 Å². The molecule has 2 heterocycles. The summed E-state index contributed by atoms with van der Waals surface area (Å²) in [5.74, 6) is -1.94. The minimum Gasteiger partial charge on any atom is -0.507 e. The number of aliphatic hydroxyl groups is 1. The Kier molecular flexibility index (Phi) is 7.78. The number of aliphatic hydroxyl groups excluding tert-OH is 1. The third-order valence-corrected chi connectivity index (χ3v) is 7.25. The van der Waals surface area contributed by atoms with E-state index in [1.54, 1.807) is 37.3 Å². The van der Waals surface area contributed by atoms with E-state index >= 15 is 0 Å². The Hall–Kier alpha value is -4.24. The third kappa shape index (κ3) is 4.97. The molecule has 4 rings (SSSR count). The van der Waals surface area contributed by atoms with Crippen molar-refractivity contribution in [1.29, 1.82) is 0 Å². The zero-order valence-electron chi connectivity index (χ0n) is 21.6. The average Bonchev–Trinajstić information content (AvgIpc) is 3.41. The van der Waals surface area contributed by atoms with Gasteiger partial charge in [-0.3, -0.25) is 14.5 Å². The molecule has 1 aromatic heterocycles. The van der Waals surface area contributed by atoms with Gasteiger partial charge in [0.1, 0.15) is 23.0 Å². The number of aromatic nitrogens is 1. The molecule has 1 aliphatic heterocycles. The number of aryl methyl sites for hydroxylation is 3. The summed E-state index contributed by atoms with van der Waals surface area (Å²) in [7, 11) is 0. The van der Waals surface area contributed by atoms with Gasteiger partial charge in [-0.25, -0.2) is 9.78 Å². The Morgan fingerprint density at radius 2 is 1.87 bits per heavy atom. The van der Waals surface area contributed by atoms with Crippen LogP contribution < -0.4 is 9.64 Å². The molecule has 0 spiro atoms. The van der Waals surface area contributed by atoms with Crippen molar-refractivity contribution >= 4 is 39.9 Å². The Morgan fingerprint density at radius 3 is 2.53 bits per heavy atom. The molecule has 3 aromatic rings. The first-order chi connectivity index (χ1) is 18.2. The molecule has 0 radical (unpaired) electrons. The van der Waals surface area contributed by atoms with Gasteiger partial charge in [0.2, 0.25) is 0 Å². The lowest BCUT2D eigenvalue weighted by molar-refractivity contribution is -0.132. The van der Waals surface area contributed by atoms with E-state index in [9.17, 15) is 19.5 Å². The fourth-order valence-corrected chi connectivity index (χ4v) is 5.26. The number of esters is 1. The molecule has 1 N–H and O–H groups in total. The zero-order valence-corrected chi connectivity index (χ0v) is 22.4. The minimum absolute atomic E-state index is 0.0258. The second-order valence-electron chi connectivity index (χ2n) is 8.79. The molecule has 1 saturated heterocycles. The van der Waals surface area contributed by atoms with E-state index in [2.05, 4.69) is 11.6 Å². The van der Waals surface area contributed by atoms with Crippen molar-refractivity contribution in [1.82, 2.24) is 4.98 Å². The molecule has 1 aliphatic rings. The molecule has 8 nitrogen and oxygen atoms in total. The van der Waals surface area contributed by atoms with Crippen LogP contribution in [-0.4, -0.2) is 41.0 Å². The van der Waals surface area contributed by atoms with E-state index in [0.717, 1.165) is 22.5 Å². The molecule has 196 valence electrons. The summed E-state index contributed by atoms with van der Waals surface area (Å²) in [6.45, 7) is 11.2. The summed E-state index contributed by atoms with van der Waals surface area (Å²) in [5, 5.41) is 11.6. The van der Waals surface area contributed by atoms with Crippen molar-refractivity contribution in [3.8, 4) is 5.75 Å². The quantitative estimate of drug-likeness (QED) is 0.135. The highest BCUT2D eigenvalue weighted by Crippen LogP contribution is 2.44. The van der Waals surface area contributed by atoms with Gasteiger partial charge in [-0.2, -0.15) is 0 Å². The SMILES string of the molecule is C=CCOC(=O)c1sc(N2C(=O)C(=O)/C(=C(/O)c3cc(C)ccc3C)C2c2ccc(OCC)cc2)nc1C. The summed E-state index contributed by atoms with van der Waals surface area (Å²) in [6, 6.07) is 11.5. The number of carbonyl (C=O) groups excluding carboxylic acids is 3. The first kappa shape index (κ1) is 26.8. The lowest BCUT2D eigenvalue weighted by Gasteiger charge is -2.23. The number of carbonyl (C=O) groups is 3. The van der Waals surface area contributed by atoms with Gasteiger partial charge in [0.05, 0.1) is 23.9 Å². The van der Waals surface area contributed by atoms with Crippen molar-refractivity contribution in [2.75, 3.05) is 18.1 Å².